The summed E-state index contributed by atoms with van der Waals surface area (Å²) in [7, 11) is 0. The van der Waals surface area contributed by atoms with Gasteiger partial charge in [-0.25, -0.2) is 0 Å². The van der Waals surface area contributed by atoms with Crippen molar-refractivity contribution < 1.29 is 15.0 Å². The molecule has 0 aromatic heterocycles. The Morgan fingerprint density at radius 3 is 2.85 bits per heavy atom. The number of aliphatic hydroxyl groups is 1. The smallest absolute Gasteiger partial charge is 0.320 e. The molecule has 0 spiro atoms. The number of carboxylic acids is 1. The zero-order chi connectivity index (χ0) is 9.90. The van der Waals surface area contributed by atoms with Crippen molar-refractivity contribution >= 4 is 5.97 Å². The molecule has 1 aliphatic heterocycles. The minimum atomic E-state index is -0.771. The molecule has 0 saturated carbocycles. The Bertz CT molecular complexity index is 195. The van der Waals surface area contributed by atoms with E-state index < -0.39 is 12.0 Å². The van der Waals surface area contributed by atoms with E-state index in [1.165, 1.54) is 0 Å². The van der Waals surface area contributed by atoms with E-state index in [0.29, 0.717) is 6.42 Å². The zero-order valence-corrected chi connectivity index (χ0v) is 7.92. The maximum Gasteiger partial charge on any atom is 0.320 e. The summed E-state index contributed by atoms with van der Waals surface area (Å²) in [6.07, 6.45) is 3.14. The number of rotatable bonds is 4. The summed E-state index contributed by atoms with van der Waals surface area (Å²) in [5, 5.41) is 20.5. The molecule has 0 aromatic carbocycles. The third-order valence-electron chi connectivity index (χ3n) is 2.69. The molecule has 1 fully saturated rings. The first kappa shape index (κ1) is 10.5. The summed E-state index contributed by atoms with van der Waals surface area (Å²) in [6.45, 7) is 2.20. The normalized spacial score (nSPS) is 33.5. The van der Waals surface area contributed by atoms with Gasteiger partial charge in [0.15, 0.2) is 0 Å². The highest BCUT2D eigenvalue weighted by Gasteiger charge is 2.36. The second-order valence-electron chi connectivity index (χ2n) is 3.96. The van der Waals surface area contributed by atoms with Gasteiger partial charge in [0.1, 0.15) is 6.04 Å². The van der Waals surface area contributed by atoms with Crippen molar-refractivity contribution in [1.82, 2.24) is 5.32 Å². The predicted molar refractivity (Wildman–Crippen MR) is 48.5 cm³/mol. The van der Waals surface area contributed by atoms with Gasteiger partial charge in [-0.2, -0.15) is 0 Å². The molecule has 1 heterocycles. The SMILES string of the molecule is CC1(CCCO)CCC(C(=O)O)N1. The van der Waals surface area contributed by atoms with Crippen molar-refractivity contribution in [1.29, 1.82) is 0 Å². The van der Waals surface area contributed by atoms with Gasteiger partial charge >= 0.3 is 5.97 Å². The molecule has 0 radical (unpaired) electrons. The van der Waals surface area contributed by atoms with E-state index >= 15 is 0 Å². The third kappa shape index (κ3) is 2.67. The minimum absolute atomic E-state index is 0.0915. The van der Waals surface area contributed by atoms with Crippen LogP contribution >= 0.6 is 0 Å². The van der Waals surface area contributed by atoms with Crippen LogP contribution in [-0.2, 0) is 4.79 Å². The van der Waals surface area contributed by atoms with Crippen LogP contribution in [0.25, 0.3) is 0 Å². The molecule has 0 aliphatic carbocycles. The van der Waals surface area contributed by atoms with Gasteiger partial charge < -0.3 is 10.2 Å². The molecule has 0 amide bonds. The fourth-order valence-corrected chi connectivity index (χ4v) is 1.88. The Kier molecular flexibility index (Phi) is 3.27. The van der Waals surface area contributed by atoms with Gasteiger partial charge in [-0.3, -0.25) is 10.1 Å². The highest BCUT2D eigenvalue weighted by molar-refractivity contribution is 5.74. The standard InChI is InChI=1S/C9H17NO3/c1-9(4-2-6-11)5-3-7(10-9)8(12)13/h7,10-11H,2-6H2,1H3,(H,12,13). The molecule has 3 N–H and O–H groups in total. The molecule has 1 aliphatic rings. The molecule has 13 heavy (non-hydrogen) atoms. The number of nitrogens with one attached hydrogen (secondary N) is 1. The van der Waals surface area contributed by atoms with Crippen molar-refractivity contribution in [3.63, 3.8) is 0 Å². The number of carboxylic acid groups (broad SMARTS) is 1. The Balaban J connectivity index is 2.41. The van der Waals surface area contributed by atoms with Crippen molar-refractivity contribution in [2.45, 2.75) is 44.2 Å². The summed E-state index contributed by atoms with van der Waals surface area (Å²) >= 11 is 0. The predicted octanol–water partition coefficient (Wildman–Crippen LogP) is 0.354. The van der Waals surface area contributed by atoms with Gasteiger partial charge in [-0.1, -0.05) is 0 Å². The molecule has 2 atom stereocenters. The topological polar surface area (TPSA) is 69.6 Å². The Morgan fingerprint density at radius 2 is 2.38 bits per heavy atom. The van der Waals surface area contributed by atoms with Crippen LogP contribution in [0, 0.1) is 0 Å². The average Bonchev–Trinajstić information content (AvgIpc) is 2.46. The van der Waals surface area contributed by atoms with Gasteiger partial charge in [-0.05, 0) is 32.6 Å². The first-order valence-corrected chi connectivity index (χ1v) is 4.69. The van der Waals surface area contributed by atoms with Crippen molar-refractivity contribution in [3.8, 4) is 0 Å². The van der Waals surface area contributed by atoms with Gasteiger partial charge in [0, 0.05) is 12.1 Å². The lowest BCUT2D eigenvalue weighted by Crippen LogP contribution is -2.43. The van der Waals surface area contributed by atoms with E-state index in [2.05, 4.69) is 5.32 Å². The van der Waals surface area contributed by atoms with Crippen LogP contribution < -0.4 is 5.32 Å². The van der Waals surface area contributed by atoms with Crippen LogP contribution in [0.4, 0.5) is 0 Å². The molecule has 0 bridgehead atoms. The number of aliphatic hydroxyl groups excluding tert-OH is 1. The van der Waals surface area contributed by atoms with Crippen molar-refractivity contribution in [2.24, 2.45) is 0 Å². The molecule has 76 valence electrons. The molecule has 4 nitrogen and oxygen atoms in total. The van der Waals surface area contributed by atoms with Crippen LogP contribution in [0.2, 0.25) is 0 Å². The second kappa shape index (κ2) is 4.07. The second-order valence-corrected chi connectivity index (χ2v) is 3.96. The lowest BCUT2D eigenvalue weighted by atomic mass is 9.94. The number of hydrogen-bond donors (Lipinski definition) is 3. The van der Waals surface area contributed by atoms with Crippen LogP contribution in [0.5, 0.6) is 0 Å². The lowest BCUT2D eigenvalue weighted by Gasteiger charge is -2.24. The minimum Gasteiger partial charge on any atom is -0.480 e. The van der Waals surface area contributed by atoms with E-state index in [-0.39, 0.29) is 12.1 Å². The molecule has 2 unspecified atom stereocenters. The van der Waals surface area contributed by atoms with Crippen molar-refractivity contribution in [2.75, 3.05) is 6.61 Å². The van der Waals surface area contributed by atoms with E-state index in [9.17, 15) is 4.79 Å². The maximum atomic E-state index is 10.7. The van der Waals surface area contributed by atoms with Crippen LogP contribution in [-0.4, -0.2) is 34.4 Å². The Morgan fingerprint density at radius 1 is 1.69 bits per heavy atom. The molecule has 4 heteroatoms. The van der Waals surface area contributed by atoms with Crippen molar-refractivity contribution in [3.05, 3.63) is 0 Å². The largest absolute Gasteiger partial charge is 0.480 e. The lowest BCUT2D eigenvalue weighted by molar-refractivity contribution is -0.139. The van der Waals surface area contributed by atoms with Gasteiger partial charge in [0.2, 0.25) is 0 Å². The fraction of sp³-hybridized carbons (Fsp3) is 0.889. The first-order valence-electron chi connectivity index (χ1n) is 4.69. The monoisotopic (exact) mass is 187 g/mol. The highest BCUT2D eigenvalue weighted by atomic mass is 16.4. The average molecular weight is 187 g/mol. The van der Waals surface area contributed by atoms with E-state index in [0.717, 1.165) is 19.3 Å². The van der Waals surface area contributed by atoms with E-state index in [1.807, 2.05) is 6.92 Å². The summed E-state index contributed by atoms with van der Waals surface area (Å²) in [4.78, 5) is 10.7. The summed E-state index contributed by atoms with van der Waals surface area (Å²) in [6, 6.07) is -0.399. The molecule has 1 saturated heterocycles. The van der Waals surface area contributed by atoms with E-state index in [4.69, 9.17) is 10.2 Å². The van der Waals surface area contributed by atoms with Crippen LogP contribution in [0.15, 0.2) is 0 Å². The highest BCUT2D eigenvalue weighted by Crippen LogP contribution is 2.27. The van der Waals surface area contributed by atoms with Gasteiger partial charge in [0.25, 0.3) is 0 Å². The molecule has 1 rings (SSSR count). The van der Waals surface area contributed by atoms with Gasteiger partial charge in [-0.15, -0.1) is 0 Å². The first-order chi connectivity index (χ1) is 6.07. The number of hydrogen-bond acceptors (Lipinski definition) is 3. The summed E-state index contributed by atoms with van der Waals surface area (Å²) in [5.41, 5.74) is -0.0915. The third-order valence-corrected chi connectivity index (χ3v) is 2.69. The quantitative estimate of drug-likeness (QED) is 0.594. The molecular formula is C9H17NO3. The summed E-state index contributed by atoms with van der Waals surface area (Å²) in [5.74, 6) is -0.771. The fourth-order valence-electron chi connectivity index (χ4n) is 1.88. The number of aliphatic carboxylic acids is 1. The zero-order valence-electron chi connectivity index (χ0n) is 7.92. The molecule has 0 aromatic rings. The number of carbonyl (C=O) groups is 1. The van der Waals surface area contributed by atoms with Gasteiger partial charge in [0.05, 0.1) is 0 Å². The van der Waals surface area contributed by atoms with Crippen LogP contribution in [0.1, 0.15) is 32.6 Å². The maximum absolute atomic E-state index is 10.7. The van der Waals surface area contributed by atoms with Crippen LogP contribution in [0.3, 0.4) is 0 Å². The Labute approximate surface area is 78.0 Å². The summed E-state index contributed by atoms with van der Waals surface area (Å²) < 4.78 is 0. The van der Waals surface area contributed by atoms with E-state index in [1.54, 1.807) is 0 Å². The molecular weight excluding hydrogens is 170 g/mol. The Hall–Kier alpha value is -0.610.